The highest BCUT2D eigenvalue weighted by Gasteiger charge is 2.06. The van der Waals surface area contributed by atoms with Gasteiger partial charge in [-0.25, -0.2) is 4.98 Å². The Hall–Kier alpha value is -1.56. The fourth-order valence-corrected chi connectivity index (χ4v) is 2.20. The second-order valence-electron chi connectivity index (χ2n) is 5.08. The van der Waals surface area contributed by atoms with Crippen molar-refractivity contribution in [2.75, 3.05) is 37.8 Å². The summed E-state index contributed by atoms with van der Waals surface area (Å²) in [6.45, 7) is 1.88. The van der Waals surface area contributed by atoms with E-state index in [-0.39, 0.29) is 0 Å². The minimum atomic E-state index is 0.456. The molecule has 0 fully saturated rings. The fourth-order valence-electron chi connectivity index (χ4n) is 1.85. The standard InChI is InChI=1S/C15H19Cl2N5/c1-22(2)10-4-8-18-13-7-9-19-15(21-13)20-12-6-3-5-11(16)14(12)17/h3,5-7,9H,4,8,10H2,1-2H3,(H2,18,19,20,21). The summed E-state index contributed by atoms with van der Waals surface area (Å²) in [4.78, 5) is 10.7. The number of halogens is 2. The van der Waals surface area contributed by atoms with E-state index < -0.39 is 0 Å². The Morgan fingerprint density at radius 2 is 2.00 bits per heavy atom. The molecule has 22 heavy (non-hydrogen) atoms. The minimum absolute atomic E-state index is 0.456. The summed E-state index contributed by atoms with van der Waals surface area (Å²) in [6.07, 6.45) is 2.74. The topological polar surface area (TPSA) is 53.1 Å². The lowest BCUT2D eigenvalue weighted by molar-refractivity contribution is 0.405. The summed E-state index contributed by atoms with van der Waals surface area (Å²) >= 11 is 12.1. The summed E-state index contributed by atoms with van der Waals surface area (Å²) in [6, 6.07) is 7.22. The van der Waals surface area contributed by atoms with Crippen molar-refractivity contribution in [1.82, 2.24) is 14.9 Å². The van der Waals surface area contributed by atoms with Gasteiger partial charge in [0.2, 0.25) is 5.95 Å². The van der Waals surface area contributed by atoms with Gasteiger partial charge in [-0.2, -0.15) is 4.98 Å². The highest BCUT2D eigenvalue weighted by atomic mass is 35.5. The normalized spacial score (nSPS) is 10.8. The van der Waals surface area contributed by atoms with E-state index in [2.05, 4.69) is 39.6 Å². The first-order chi connectivity index (χ1) is 10.6. The van der Waals surface area contributed by atoms with Crippen LogP contribution in [-0.2, 0) is 0 Å². The lowest BCUT2D eigenvalue weighted by Gasteiger charge is -2.11. The summed E-state index contributed by atoms with van der Waals surface area (Å²) in [7, 11) is 4.11. The van der Waals surface area contributed by atoms with E-state index in [1.807, 2.05) is 18.2 Å². The molecule has 2 N–H and O–H groups in total. The molecule has 0 aliphatic carbocycles. The molecule has 2 aromatic rings. The van der Waals surface area contributed by atoms with Gasteiger partial charge in [0.05, 0.1) is 15.7 Å². The second kappa shape index (κ2) is 8.17. The average Bonchev–Trinajstić information content (AvgIpc) is 2.49. The molecule has 7 heteroatoms. The summed E-state index contributed by atoms with van der Waals surface area (Å²) in [5.74, 6) is 1.25. The molecular formula is C15H19Cl2N5. The Bertz CT molecular complexity index is 619. The Morgan fingerprint density at radius 3 is 2.77 bits per heavy atom. The predicted octanol–water partition coefficient (Wildman–Crippen LogP) is 3.89. The van der Waals surface area contributed by atoms with Gasteiger partial charge in [0, 0.05) is 12.7 Å². The number of aromatic nitrogens is 2. The quantitative estimate of drug-likeness (QED) is 0.749. The molecule has 0 aliphatic rings. The SMILES string of the molecule is CN(C)CCCNc1ccnc(Nc2cccc(Cl)c2Cl)n1. The molecule has 2 rings (SSSR count). The third-order valence-corrected chi connectivity index (χ3v) is 3.76. The third-order valence-electron chi connectivity index (χ3n) is 2.94. The zero-order valence-electron chi connectivity index (χ0n) is 12.6. The fraction of sp³-hybridized carbons (Fsp3) is 0.333. The van der Waals surface area contributed by atoms with Crippen LogP contribution in [0, 0.1) is 0 Å². The van der Waals surface area contributed by atoms with E-state index >= 15 is 0 Å². The molecule has 5 nitrogen and oxygen atoms in total. The van der Waals surface area contributed by atoms with Gasteiger partial charge in [0.25, 0.3) is 0 Å². The van der Waals surface area contributed by atoms with Crippen molar-refractivity contribution in [3.05, 3.63) is 40.5 Å². The first kappa shape index (κ1) is 16.8. The van der Waals surface area contributed by atoms with Crippen LogP contribution in [0.15, 0.2) is 30.5 Å². The number of hydrogen-bond acceptors (Lipinski definition) is 5. The van der Waals surface area contributed by atoms with E-state index in [9.17, 15) is 0 Å². The number of nitrogens with one attached hydrogen (secondary N) is 2. The van der Waals surface area contributed by atoms with Crippen LogP contribution in [0.2, 0.25) is 10.0 Å². The maximum Gasteiger partial charge on any atom is 0.229 e. The Morgan fingerprint density at radius 1 is 1.18 bits per heavy atom. The molecule has 0 saturated carbocycles. The van der Waals surface area contributed by atoms with Gasteiger partial charge >= 0.3 is 0 Å². The van der Waals surface area contributed by atoms with Crippen LogP contribution in [-0.4, -0.2) is 42.1 Å². The van der Waals surface area contributed by atoms with Crippen molar-refractivity contribution in [3.8, 4) is 0 Å². The van der Waals surface area contributed by atoms with E-state index in [1.54, 1.807) is 12.3 Å². The van der Waals surface area contributed by atoms with Crippen molar-refractivity contribution >= 4 is 40.7 Å². The monoisotopic (exact) mass is 339 g/mol. The lowest BCUT2D eigenvalue weighted by Crippen LogP contribution is -2.16. The zero-order valence-corrected chi connectivity index (χ0v) is 14.1. The highest BCUT2D eigenvalue weighted by molar-refractivity contribution is 6.43. The molecule has 0 aliphatic heterocycles. The molecule has 0 radical (unpaired) electrons. The van der Waals surface area contributed by atoms with Crippen LogP contribution in [0.3, 0.4) is 0 Å². The van der Waals surface area contributed by atoms with Crippen molar-refractivity contribution in [2.24, 2.45) is 0 Å². The minimum Gasteiger partial charge on any atom is -0.370 e. The van der Waals surface area contributed by atoms with Gasteiger partial charge in [-0.05, 0) is 45.3 Å². The Labute approximate surface area is 140 Å². The molecule has 0 amide bonds. The maximum absolute atomic E-state index is 6.14. The second-order valence-corrected chi connectivity index (χ2v) is 5.86. The van der Waals surface area contributed by atoms with Gasteiger partial charge in [0.15, 0.2) is 0 Å². The van der Waals surface area contributed by atoms with E-state index in [0.717, 1.165) is 25.3 Å². The molecule has 1 aromatic heterocycles. The molecule has 1 aromatic carbocycles. The van der Waals surface area contributed by atoms with Gasteiger partial charge in [-0.15, -0.1) is 0 Å². The maximum atomic E-state index is 6.14. The average molecular weight is 340 g/mol. The molecule has 0 unspecified atom stereocenters. The van der Waals surface area contributed by atoms with E-state index in [0.29, 0.717) is 21.7 Å². The van der Waals surface area contributed by atoms with Crippen LogP contribution in [0.4, 0.5) is 17.5 Å². The van der Waals surface area contributed by atoms with Crippen molar-refractivity contribution in [3.63, 3.8) is 0 Å². The Balaban J connectivity index is 1.98. The smallest absolute Gasteiger partial charge is 0.229 e. The number of anilines is 3. The van der Waals surface area contributed by atoms with Crippen LogP contribution >= 0.6 is 23.2 Å². The van der Waals surface area contributed by atoms with Gasteiger partial charge in [-0.1, -0.05) is 29.3 Å². The van der Waals surface area contributed by atoms with Gasteiger partial charge < -0.3 is 15.5 Å². The molecule has 1 heterocycles. The first-order valence-electron chi connectivity index (χ1n) is 6.99. The predicted molar refractivity (Wildman–Crippen MR) is 93.4 cm³/mol. The summed E-state index contributed by atoms with van der Waals surface area (Å²) in [5.41, 5.74) is 0.680. The number of rotatable bonds is 7. The number of hydrogen-bond donors (Lipinski definition) is 2. The lowest BCUT2D eigenvalue weighted by atomic mass is 10.3. The van der Waals surface area contributed by atoms with Gasteiger partial charge in [0.1, 0.15) is 5.82 Å². The zero-order chi connectivity index (χ0) is 15.9. The van der Waals surface area contributed by atoms with Gasteiger partial charge in [-0.3, -0.25) is 0 Å². The summed E-state index contributed by atoms with van der Waals surface area (Å²) < 4.78 is 0. The van der Waals surface area contributed by atoms with Crippen molar-refractivity contribution in [1.29, 1.82) is 0 Å². The third kappa shape index (κ3) is 5.02. The molecule has 118 valence electrons. The van der Waals surface area contributed by atoms with Crippen LogP contribution in [0.5, 0.6) is 0 Å². The highest BCUT2D eigenvalue weighted by Crippen LogP contribution is 2.30. The van der Waals surface area contributed by atoms with E-state index in [1.165, 1.54) is 0 Å². The molecule has 0 bridgehead atoms. The number of nitrogens with zero attached hydrogens (tertiary/aromatic N) is 3. The van der Waals surface area contributed by atoms with E-state index in [4.69, 9.17) is 23.2 Å². The molecular weight excluding hydrogens is 321 g/mol. The number of benzene rings is 1. The van der Waals surface area contributed by atoms with Crippen molar-refractivity contribution in [2.45, 2.75) is 6.42 Å². The molecule has 0 spiro atoms. The molecule has 0 atom stereocenters. The molecule has 0 saturated heterocycles. The summed E-state index contributed by atoms with van der Waals surface area (Å²) in [5, 5.41) is 7.30. The first-order valence-corrected chi connectivity index (χ1v) is 7.74. The van der Waals surface area contributed by atoms with Crippen LogP contribution in [0.25, 0.3) is 0 Å². The largest absolute Gasteiger partial charge is 0.370 e. The Kier molecular flexibility index (Phi) is 6.24. The van der Waals surface area contributed by atoms with Crippen LogP contribution < -0.4 is 10.6 Å². The van der Waals surface area contributed by atoms with Crippen LogP contribution in [0.1, 0.15) is 6.42 Å². The van der Waals surface area contributed by atoms with Crippen molar-refractivity contribution < 1.29 is 0 Å².